The van der Waals surface area contributed by atoms with Gasteiger partial charge in [0, 0.05) is 0 Å². The number of carbonyl (C=O) groups excluding carboxylic acids is 1. The molecule has 6 heteroatoms. The molecule has 3 aromatic carbocycles. The van der Waals surface area contributed by atoms with E-state index in [-0.39, 0.29) is 11.3 Å². The Morgan fingerprint density at radius 3 is 2.42 bits per heavy atom. The van der Waals surface area contributed by atoms with Crippen LogP contribution in [0.3, 0.4) is 0 Å². The number of nitrogens with zero attached hydrogens (tertiary/aromatic N) is 1. The maximum atomic E-state index is 12.6. The Labute approximate surface area is 195 Å². The lowest BCUT2D eigenvalue weighted by Gasteiger charge is -2.31. The second-order valence-corrected chi connectivity index (χ2v) is 8.06. The summed E-state index contributed by atoms with van der Waals surface area (Å²) >= 11 is 0. The Balaban J connectivity index is 1.71. The highest BCUT2D eigenvalue weighted by molar-refractivity contribution is 5.92. The largest absolute Gasteiger partial charge is 0.507 e. The SMILES string of the molecule is COc1cccc(CCc2ccccc2O[C@@H](C(C)OC(=O)c2ccccc2O)N(C)C)c1. The third kappa shape index (κ3) is 6.49. The highest BCUT2D eigenvalue weighted by Crippen LogP contribution is 2.25. The highest BCUT2D eigenvalue weighted by atomic mass is 16.6. The molecule has 0 amide bonds. The fraction of sp³-hybridized carbons (Fsp3) is 0.296. The average molecular weight is 450 g/mol. The lowest BCUT2D eigenvalue weighted by Crippen LogP contribution is -2.44. The minimum atomic E-state index is -0.595. The molecule has 0 aliphatic heterocycles. The Morgan fingerprint density at radius 2 is 1.70 bits per heavy atom. The van der Waals surface area contributed by atoms with Crippen LogP contribution in [0, 0.1) is 0 Å². The molecule has 174 valence electrons. The quantitative estimate of drug-likeness (QED) is 0.358. The number of hydrogen-bond acceptors (Lipinski definition) is 6. The molecule has 0 aliphatic rings. The molecule has 3 aromatic rings. The average Bonchev–Trinajstić information content (AvgIpc) is 2.81. The molecular weight excluding hydrogens is 418 g/mol. The number of esters is 1. The van der Waals surface area contributed by atoms with Gasteiger partial charge in [-0.05, 0) is 75.3 Å². The van der Waals surface area contributed by atoms with Gasteiger partial charge in [0.25, 0.3) is 0 Å². The second-order valence-electron chi connectivity index (χ2n) is 8.06. The van der Waals surface area contributed by atoms with Crippen LogP contribution >= 0.6 is 0 Å². The Morgan fingerprint density at radius 1 is 0.970 bits per heavy atom. The molecule has 2 atom stereocenters. The van der Waals surface area contributed by atoms with Crippen LogP contribution in [-0.2, 0) is 17.6 Å². The summed E-state index contributed by atoms with van der Waals surface area (Å²) in [5.41, 5.74) is 2.37. The number of phenolic OH excluding ortho intramolecular Hbond substituents is 1. The van der Waals surface area contributed by atoms with E-state index in [1.54, 1.807) is 26.2 Å². The normalized spacial score (nSPS) is 12.8. The van der Waals surface area contributed by atoms with Crippen molar-refractivity contribution in [3.63, 3.8) is 0 Å². The van der Waals surface area contributed by atoms with Gasteiger partial charge < -0.3 is 19.3 Å². The lowest BCUT2D eigenvalue weighted by molar-refractivity contribution is -0.0523. The summed E-state index contributed by atoms with van der Waals surface area (Å²) in [5, 5.41) is 9.95. The van der Waals surface area contributed by atoms with Crippen molar-refractivity contribution in [3.05, 3.63) is 89.5 Å². The molecule has 3 rings (SSSR count). The van der Waals surface area contributed by atoms with Crippen molar-refractivity contribution in [2.24, 2.45) is 0 Å². The Bertz CT molecular complexity index is 1070. The van der Waals surface area contributed by atoms with Crippen molar-refractivity contribution in [3.8, 4) is 17.2 Å². The van der Waals surface area contributed by atoms with Crippen LogP contribution in [0.4, 0.5) is 0 Å². The first-order valence-electron chi connectivity index (χ1n) is 10.9. The van der Waals surface area contributed by atoms with E-state index in [0.29, 0.717) is 0 Å². The summed E-state index contributed by atoms with van der Waals surface area (Å²) in [6.45, 7) is 1.78. The maximum absolute atomic E-state index is 12.6. The van der Waals surface area contributed by atoms with Gasteiger partial charge in [0.2, 0.25) is 0 Å². The number of benzene rings is 3. The minimum Gasteiger partial charge on any atom is -0.507 e. The van der Waals surface area contributed by atoms with Crippen LogP contribution in [0.15, 0.2) is 72.8 Å². The standard InChI is InChI=1S/C27H31NO5/c1-19(32-27(30)23-13-6-7-14-24(23)29)26(28(2)3)33-25-15-8-5-11-21(25)17-16-20-10-9-12-22(18-20)31-4/h5-15,18-19,26,29H,16-17H2,1-4H3/t19?,26-/m0/s1. The number of likely N-dealkylation sites (N-methyl/N-ethyl adjacent to an activating group) is 1. The molecule has 0 aliphatic carbocycles. The van der Waals surface area contributed by atoms with E-state index in [1.807, 2.05) is 61.5 Å². The monoisotopic (exact) mass is 449 g/mol. The van der Waals surface area contributed by atoms with Crippen LogP contribution in [0.1, 0.15) is 28.4 Å². The lowest BCUT2D eigenvalue weighted by atomic mass is 10.0. The summed E-state index contributed by atoms with van der Waals surface area (Å²) in [5.74, 6) is 0.872. The number of hydrogen-bond donors (Lipinski definition) is 1. The number of methoxy groups -OCH3 is 1. The van der Waals surface area contributed by atoms with Gasteiger partial charge >= 0.3 is 5.97 Å². The fourth-order valence-corrected chi connectivity index (χ4v) is 3.62. The molecule has 0 saturated heterocycles. The van der Waals surface area contributed by atoms with E-state index in [1.165, 1.54) is 17.7 Å². The predicted octanol–water partition coefficient (Wildman–Crippen LogP) is 4.70. The summed E-state index contributed by atoms with van der Waals surface area (Å²) < 4.78 is 17.3. The summed E-state index contributed by atoms with van der Waals surface area (Å²) in [6.07, 6.45) is 0.522. The Kier molecular flexibility index (Phi) is 8.33. The first-order valence-corrected chi connectivity index (χ1v) is 10.9. The summed E-state index contributed by atoms with van der Waals surface area (Å²) in [6, 6.07) is 22.2. The minimum absolute atomic E-state index is 0.111. The van der Waals surface area contributed by atoms with E-state index in [2.05, 4.69) is 6.07 Å². The highest BCUT2D eigenvalue weighted by Gasteiger charge is 2.27. The molecule has 0 radical (unpaired) electrons. The van der Waals surface area contributed by atoms with Crippen LogP contribution < -0.4 is 9.47 Å². The van der Waals surface area contributed by atoms with Crippen LogP contribution in [0.5, 0.6) is 17.2 Å². The van der Waals surface area contributed by atoms with Gasteiger partial charge in [0.05, 0.1) is 7.11 Å². The molecule has 0 spiro atoms. The van der Waals surface area contributed by atoms with Gasteiger partial charge in [-0.15, -0.1) is 0 Å². The zero-order chi connectivity index (χ0) is 23.8. The molecule has 0 saturated carbocycles. The van der Waals surface area contributed by atoms with Crippen molar-refractivity contribution in [1.82, 2.24) is 4.90 Å². The molecule has 6 nitrogen and oxygen atoms in total. The predicted molar refractivity (Wildman–Crippen MR) is 128 cm³/mol. The third-order valence-corrected chi connectivity index (χ3v) is 5.36. The molecule has 0 aromatic heterocycles. The maximum Gasteiger partial charge on any atom is 0.342 e. The van der Waals surface area contributed by atoms with Gasteiger partial charge in [-0.25, -0.2) is 4.79 Å². The van der Waals surface area contributed by atoms with E-state index in [9.17, 15) is 9.90 Å². The van der Waals surface area contributed by atoms with E-state index in [0.717, 1.165) is 29.9 Å². The molecule has 0 fully saturated rings. The molecule has 33 heavy (non-hydrogen) atoms. The van der Waals surface area contributed by atoms with Crippen molar-refractivity contribution in [1.29, 1.82) is 0 Å². The molecule has 0 heterocycles. The van der Waals surface area contributed by atoms with Gasteiger partial charge in [-0.3, -0.25) is 4.90 Å². The van der Waals surface area contributed by atoms with Crippen molar-refractivity contribution >= 4 is 5.97 Å². The Hall–Kier alpha value is -3.51. The number of rotatable bonds is 10. The smallest absolute Gasteiger partial charge is 0.342 e. The molecule has 1 unspecified atom stereocenters. The molecule has 0 bridgehead atoms. The van der Waals surface area contributed by atoms with E-state index < -0.39 is 18.3 Å². The number of aromatic hydroxyl groups is 1. The van der Waals surface area contributed by atoms with Crippen molar-refractivity contribution in [2.75, 3.05) is 21.2 Å². The number of ether oxygens (including phenoxy) is 3. The zero-order valence-corrected chi connectivity index (χ0v) is 19.5. The van der Waals surface area contributed by atoms with Gasteiger partial charge in [-0.1, -0.05) is 42.5 Å². The number of aryl methyl sites for hydroxylation is 2. The summed E-state index contributed by atoms with van der Waals surface area (Å²) in [4.78, 5) is 14.4. The number of para-hydroxylation sites is 2. The number of phenols is 1. The van der Waals surface area contributed by atoms with Crippen LogP contribution in [0.25, 0.3) is 0 Å². The first-order chi connectivity index (χ1) is 15.9. The van der Waals surface area contributed by atoms with Gasteiger partial charge in [0.15, 0.2) is 6.23 Å². The van der Waals surface area contributed by atoms with E-state index >= 15 is 0 Å². The molecule has 1 N–H and O–H groups in total. The van der Waals surface area contributed by atoms with Crippen LogP contribution in [-0.4, -0.2) is 49.5 Å². The summed E-state index contributed by atoms with van der Waals surface area (Å²) in [7, 11) is 5.40. The van der Waals surface area contributed by atoms with Gasteiger partial charge in [0.1, 0.15) is 28.9 Å². The van der Waals surface area contributed by atoms with Crippen molar-refractivity contribution in [2.45, 2.75) is 32.1 Å². The number of carbonyl (C=O) groups is 1. The molecular formula is C27H31NO5. The zero-order valence-electron chi connectivity index (χ0n) is 19.5. The van der Waals surface area contributed by atoms with Crippen LogP contribution in [0.2, 0.25) is 0 Å². The van der Waals surface area contributed by atoms with E-state index in [4.69, 9.17) is 14.2 Å². The van der Waals surface area contributed by atoms with Crippen molar-refractivity contribution < 1.29 is 24.1 Å². The third-order valence-electron chi connectivity index (χ3n) is 5.36. The second kappa shape index (κ2) is 11.4. The topological polar surface area (TPSA) is 68.2 Å². The first kappa shape index (κ1) is 24.1. The van der Waals surface area contributed by atoms with Gasteiger partial charge in [-0.2, -0.15) is 0 Å². The fourth-order valence-electron chi connectivity index (χ4n) is 3.62.